The predicted octanol–water partition coefficient (Wildman–Crippen LogP) is 1.89. The maximum atomic E-state index is 12.7. The lowest BCUT2D eigenvalue weighted by Gasteiger charge is -2.25. The molecule has 0 spiro atoms. The Bertz CT molecular complexity index is 450. The summed E-state index contributed by atoms with van der Waals surface area (Å²) >= 11 is 0. The third kappa shape index (κ3) is 3.28. The number of amides is 1. The number of hydrogen-bond acceptors (Lipinski definition) is 4. The van der Waals surface area contributed by atoms with Gasteiger partial charge in [0.2, 0.25) is 0 Å². The van der Waals surface area contributed by atoms with Crippen LogP contribution in [0.3, 0.4) is 0 Å². The van der Waals surface area contributed by atoms with Crippen molar-refractivity contribution in [3.05, 3.63) is 23.9 Å². The number of nitrogens with zero attached hydrogens (tertiary/aromatic N) is 2. The molecule has 1 aromatic heterocycles. The normalized spacial score (nSPS) is 18.3. The van der Waals surface area contributed by atoms with Crippen LogP contribution in [0.2, 0.25) is 0 Å². The van der Waals surface area contributed by atoms with Crippen LogP contribution in [0.25, 0.3) is 0 Å². The van der Waals surface area contributed by atoms with Crippen LogP contribution in [0.4, 0.5) is 5.82 Å². The van der Waals surface area contributed by atoms with E-state index in [2.05, 4.69) is 10.3 Å². The Labute approximate surface area is 120 Å². The van der Waals surface area contributed by atoms with Crippen molar-refractivity contribution in [3.8, 4) is 0 Å². The standard InChI is InChI=1S/C15H23N3O2/c1-2-16-14-13(8-3-9-17-14)15(20)18-10-4-6-12(18)7-5-11-19/h3,8-9,12,19H,2,4-7,10-11H2,1H3,(H,16,17). The molecule has 1 unspecified atom stereocenters. The molecule has 2 rings (SSSR count). The zero-order valence-corrected chi connectivity index (χ0v) is 12.0. The van der Waals surface area contributed by atoms with E-state index in [0.717, 1.165) is 38.8 Å². The first-order chi connectivity index (χ1) is 9.77. The van der Waals surface area contributed by atoms with Crippen LogP contribution < -0.4 is 5.32 Å². The molecule has 0 aliphatic carbocycles. The maximum absolute atomic E-state index is 12.7. The van der Waals surface area contributed by atoms with Gasteiger partial charge in [0.25, 0.3) is 5.91 Å². The van der Waals surface area contributed by atoms with Gasteiger partial charge in [-0.05, 0) is 44.7 Å². The minimum Gasteiger partial charge on any atom is -0.396 e. The fraction of sp³-hybridized carbons (Fsp3) is 0.600. The molecule has 0 aromatic carbocycles. The van der Waals surface area contributed by atoms with Crippen molar-refractivity contribution >= 4 is 11.7 Å². The van der Waals surface area contributed by atoms with E-state index in [1.54, 1.807) is 12.3 Å². The van der Waals surface area contributed by atoms with Crippen molar-refractivity contribution < 1.29 is 9.90 Å². The molecule has 0 bridgehead atoms. The Balaban J connectivity index is 2.13. The number of rotatable bonds is 6. The second-order valence-corrected chi connectivity index (χ2v) is 5.09. The lowest BCUT2D eigenvalue weighted by atomic mass is 10.1. The van der Waals surface area contributed by atoms with Crippen molar-refractivity contribution in [3.63, 3.8) is 0 Å². The first kappa shape index (κ1) is 14.8. The van der Waals surface area contributed by atoms with Gasteiger partial charge in [-0.15, -0.1) is 0 Å². The molecule has 5 heteroatoms. The number of aliphatic hydroxyl groups is 1. The Morgan fingerprint density at radius 1 is 1.60 bits per heavy atom. The molecular formula is C15H23N3O2. The number of hydrogen-bond donors (Lipinski definition) is 2. The number of carbonyl (C=O) groups is 1. The van der Waals surface area contributed by atoms with Gasteiger partial charge in [-0.25, -0.2) is 4.98 Å². The van der Waals surface area contributed by atoms with Crippen LogP contribution in [-0.2, 0) is 0 Å². The number of likely N-dealkylation sites (tertiary alicyclic amines) is 1. The molecule has 2 N–H and O–H groups in total. The summed E-state index contributed by atoms with van der Waals surface area (Å²) in [7, 11) is 0. The molecule has 0 saturated carbocycles. The minimum absolute atomic E-state index is 0.0505. The van der Waals surface area contributed by atoms with E-state index < -0.39 is 0 Å². The highest BCUT2D eigenvalue weighted by atomic mass is 16.3. The molecule has 1 amide bonds. The van der Waals surface area contributed by atoms with Gasteiger partial charge in [0.1, 0.15) is 5.82 Å². The smallest absolute Gasteiger partial charge is 0.257 e. The van der Waals surface area contributed by atoms with Crippen LogP contribution in [0, 0.1) is 0 Å². The van der Waals surface area contributed by atoms with Gasteiger partial charge in [-0.2, -0.15) is 0 Å². The molecule has 1 aliphatic rings. The van der Waals surface area contributed by atoms with E-state index in [-0.39, 0.29) is 18.6 Å². The maximum Gasteiger partial charge on any atom is 0.257 e. The van der Waals surface area contributed by atoms with Crippen molar-refractivity contribution in [1.29, 1.82) is 0 Å². The Hall–Kier alpha value is -1.62. The van der Waals surface area contributed by atoms with Crippen LogP contribution in [-0.4, -0.2) is 46.6 Å². The van der Waals surface area contributed by atoms with Gasteiger partial charge in [-0.1, -0.05) is 0 Å². The van der Waals surface area contributed by atoms with E-state index in [0.29, 0.717) is 11.4 Å². The SMILES string of the molecule is CCNc1ncccc1C(=O)N1CCCC1CCCO. The summed E-state index contributed by atoms with van der Waals surface area (Å²) in [6, 6.07) is 3.88. The molecule has 5 nitrogen and oxygen atoms in total. The minimum atomic E-state index is 0.0505. The zero-order chi connectivity index (χ0) is 14.4. The van der Waals surface area contributed by atoms with Crippen molar-refractivity contribution in [2.75, 3.05) is 25.0 Å². The van der Waals surface area contributed by atoms with Gasteiger partial charge in [0.15, 0.2) is 0 Å². The highest BCUT2D eigenvalue weighted by Gasteiger charge is 2.30. The molecular weight excluding hydrogens is 254 g/mol. The second-order valence-electron chi connectivity index (χ2n) is 5.09. The second kappa shape index (κ2) is 7.24. The van der Waals surface area contributed by atoms with Gasteiger partial charge in [0, 0.05) is 31.9 Å². The molecule has 2 heterocycles. The topological polar surface area (TPSA) is 65.5 Å². The molecule has 1 aromatic rings. The van der Waals surface area contributed by atoms with Gasteiger partial charge < -0.3 is 15.3 Å². The van der Waals surface area contributed by atoms with Crippen LogP contribution >= 0.6 is 0 Å². The van der Waals surface area contributed by atoms with E-state index in [9.17, 15) is 4.79 Å². The number of carbonyl (C=O) groups excluding carboxylic acids is 1. The predicted molar refractivity (Wildman–Crippen MR) is 78.8 cm³/mol. The van der Waals surface area contributed by atoms with Gasteiger partial charge in [0.05, 0.1) is 5.56 Å². The molecule has 1 saturated heterocycles. The van der Waals surface area contributed by atoms with Crippen LogP contribution in [0.15, 0.2) is 18.3 Å². The highest BCUT2D eigenvalue weighted by molar-refractivity contribution is 5.99. The van der Waals surface area contributed by atoms with E-state index in [1.165, 1.54) is 0 Å². The molecule has 1 aliphatic heterocycles. The zero-order valence-electron chi connectivity index (χ0n) is 12.0. The summed E-state index contributed by atoms with van der Waals surface area (Å²) < 4.78 is 0. The summed E-state index contributed by atoms with van der Waals surface area (Å²) in [6.45, 7) is 3.72. The molecule has 0 radical (unpaired) electrons. The van der Waals surface area contributed by atoms with E-state index in [1.807, 2.05) is 17.9 Å². The van der Waals surface area contributed by atoms with Crippen LogP contribution in [0.5, 0.6) is 0 Å². The van der Waals surface area contributed by atoms with Gasteiger partial charge >= 0.3 is 0 Å². The molecule has 20 heavy (non-hydrogen) atoms. The number of anilines is 1. The monoisotopic (exact) mass is 277 g/mol. The lowest BCUT2D eigenvalue weighted by molar-refractivity contribution is 0.0725. The fourth-order valence-corrected chi connectivity index (χ4v) is 2.77. The number of pyridine rings is 1. The molecule has 110 valence electrons. The largest absolute Gasteiger partial charge is 0.396 e. The highest BCUT2D eigenvalue weighted by Crippen LogP contribution is 2.25. The van der Waals surface area contributed by atoms with Crippen molar-refractivity contribution in [2.45, 2.75) is 38.6 Å². The number of nitrogens with one attached hydrogen (secondary N) is 1. The first-order valence-electron chi connectivity index (χ1n) is 7.38. The van der Waals surface area contributed by atoms with Gasteiger partial charge in [-0.3, -0.25) is 4.79 Å². The molecule has 1 fully saturated rings. The van der Waals surface area contributed by atoms with Crippen molar-refractivity contribution in [1.82, 2.24) is 9.88 Å². The summed E-state index contributed by atoms with van der Waals surface area (Å²) in [4.78, 5) is 18.9. The Morgan fingerprint density at radius 3 is 3.20 bits per heavy atom. The quantitative estimate of drug-likeness (QED) is 0.833. The molecule has 1 atom stereocenters. The average molecular weight is 277 g/mol. The first-order valence-corrected chi connectivity index (χ1v) is 7.38. The summed E-state index contributed by atoms with van der Waals surface area (Å²) in [6.07, 6.45) is 5.39. The van der Waals surface area contributed by atoms with E-state index >= 15 is 0 Å². The Kier molecular flexibility index (Phi) is 5.35. The van der Waals surface area contributed by atoms with E-state index in [4.69, 9.17) is 5.11 Å². The fourth-order valence-electron chi connectivity index (χ4n) is 2.77. The summed E-state index contributed by atoms with van der Waals surface area (Å²) in [5.74, 6) is 0.710. The lowest BCUT2D eigenvalue weighted by Crippen LogP contribution is -2.36. The summed E-state index contributed by atoms with van der Waals surface area (Å²) in [5, 5.41) is 12.1. The average Bonchev–Trinajstić information content (AvgIpc) is 2.93. The third-order valence-electron chi connectivity index (χ3n) is 3.72. The number of aromatic nitrogens is 1. The third-order valence-corrected chi connectivity index (χ3v) is 3.72. The number of aliphatic hydroxyl groups excluding tert-OH is 1. The Morgan fingerprint density at radius 2 is 2.45 bits per heavy atom. The van der Waals surface area contributed by atoms with Crippen LogP contribution in [0.1, 0.15) is 43.0 Å². The summed E-state index contributed by atoms with van der Waals surface area (Å²) in [5.41, 5.74) is 0.644. The van der Waals surface area contributed by atoms with Crippen molar-refractivity contribution in [2.24, 2.45) is 0 Å².